The summed E-state index contributed by atoms with van der Waals surface area (Å²) in [6.07, 6.45) is 2.07. The van der Waals surface area contributed by atoms with Crippen LogP contribution in [-0.2, 0) is 6.42 Å². The predicted molar refractivity (Wildman–Crippen MR) is 108 cm³/mol. The van der Waals surface area contributed by atoms with Crippen LogP contribution >= 0.6 is 27.3 Å². The van der Waals surface area contributed by atoms with Crippen LogP contribution in [-0.4, -0.2) is 42.8 Å². The highest BCUT2D eigenvalue weighted by atomic mass is 79.9. The molecule has 128 valence electrons. The number of benzene rings is 1. The summed E-state index contributed by atoms with van der Waals surface area (Å²) < 4.78 is 2.44. The molecule has 25 heavy (non-hydrogen) atoms. The highest BCUT2D eigenvalue weighted by Crippen LogP contribution is 2.37. The summed E-state index contributed by atoms with van der Waals surface area (Å²) in [6, 6.07) is 8.56. The molecule has 1 aliphatic heterocycles. The lowest BCUT2D eigenvalue weighted by atomic mass is 10.0. The summed E-state index contributed by atoms with van der Waals surface area (Å²) in [5.41, 5.74) is 4.16. The Morgan fingerprint density at radius 1 is 1.20 bits per heavy atom. The third kappa shape index (κ3) is 3.36. The van der Waals surface area contributed by atoms with Crippen molar-refractivity contribution >= 4 is 54.0 Å². The smallest absolute Gasteiger partial charge is 0.107 e. The van der Waals surface area contributed by atoms with Crippen molar-refractivity contribution in [1.29, 1.82) is 0 Å². The van der Waals surface area contributed by atoms with E-state index in [-0.39, 0.29) is 0 Å². The van der Waals surface area contributed by atoms with Crippen molar-refractivity contribution in [3.05, 3.63) is 39.3 Å². The molecular formula is C18H18BrN5S. The fourth-order valence-corrected chi connectivity index (χ4v) is 4.75. The first-order valence-corrected chi connectivity index (χ1v) is 9.83. The normalized spacial score (nSPS) is 14.2. The second-order valence-corrected chi connectivity index (χ2v) is 8.86. The van der Waals surface area contributed by atoms with Gasteiger partial charge in [-0.3, -0.25) is 4.98 Å². The Morgan fingerprint density at radius 3 is 2.84 bits per heavy atom. The molecule has 0 bridgehead atoms. The zero-order valence-corrected chi connectivity index (χ0v) is 16.6. The van der Waals surface area contributed by atoms with E-state index in [1.165, 1.54) is 21.2 Å². The molecule has 1 aliphatic rings. The van der Waals surface area contributed by atoms with Crippen LogP contribution in [0.3, 0.4) is 0 Å². The highest BCUT2D eigenvalue weighted by molar-refractivity contribution is 9.11. The lowest BCUT2D eigenvalue weighted by Gasteiger charge is -2.11. The van der Waals surface area contributed by atoms with Crippen LogP contribution < -0.4 is 0 Å². The van der Waals surface area contributed by atoms with Gasteiger partial charge < -0.3 is 4.90 Å². The fraction of sp³-hybridized carbons (Fsp3) is 0.333. The van der Waals surface area contributed by atoms with Gasteiger partial charge in [-0.2, -0.15) is 5.11 Å². The zero-order valence-electron chi connectivity index (χ0n) is 14.2. The minimum absolute atomic E-state index is 0.550. The first-order chi connectivity index (χ1) is 12.1. The van der Waals surface area contributed by atoms with Gasteiger partial charge in [0, 0.05) is 26.7 Å². The molecule has 0 amide bonds. The second kappa shape index (κ2) is 6.90. The Hall–Kier alpha value is -1.70. The van der Waals surface area contributed by atoms with E-state index >= 15 is 0 Å². The molecule has 0 saturated heterocycles. The Bertz CT molecular complexity index is 1010. The van der Waals surface area contributed by atoms with E-state index in [0.717, 1.165) is 40.0 Å². The number of halogens is 1. The Balaban J connectivity index is 1.81. The van der Waals surface area contributed by atoms with Crippen LogP contribution in [0.2, 0.25) is 0 Å². The minimum atomic E-state index is 0.550. The third-order valence-electron chi connectivity index (χ3n) is 4.31. The SMILES string of the molecule is CN(C)CCCc1nc2cc(C3=NN=NC3)ccc2c2sc(Br)cc12. The molecule has 5 nitrogen and oxygen atoms in total. The van der Waals surface area contributed by atoms with Gasteiger partial charge in [0.05, 0.1) is 15.0 Å². The van der Waals surface area contributed by atoms with Crippen LogP contribution in [0.5, 0.6) is 0 Å². The Labute approximate surface area is 158 Å². The van der Waals surface area contributed by atoms with Crippen LogP contribution in [0.4, 0.5) is 0 Å². The Kier molecular flexibility index (Phi) is 4.62. The molecule has 0 saturated carbocycles. The lowest BCUT2D eigenvalue weighted by molar-refractivity contribution is 0.400. The van der Waals surface area contributed by atoms with Crippen LogP contribution in [0, 0.1) is 0 Å². The molecule has 3 aromatic rings. The van der Waals surface area contributed by atoms with Gasteiger partial charge in [-0.05, 0) is 66.8 Å². The number of hydrogen-bond donors (Lipinski definition) is 0. The van der Waals surface area contributed by atoms with E-state index in [1.54, 1.807) is 11.3 Å². The van der Waals surface area contributed by atoms with Crippen LogP contribution in [0.15, 0.2) is 43.5 Å². The molecule has 0 atom stereocenters. The molecule has 4 rings (SSSR count). The number of hydrogen-bond acceptors (Lipinski definition) is 6. The first kappa shape index (κ1) is 16.8. The molecule has 0 spiro atoms. The van der Waals surface area contributed by atoms with E-state index in [4.69, 9.17) is 4.98 Å². The number of rotatable bonds is 5. The number of nitrogens with zero attached hydrogens (tertiary/aromatic N) is 5. The standard InChI is InChI=1S/C18H18BrN5S/c1-24(2)7-3-4-14-13-9-17(19)25-18(13)12-6-5-11(8-15(12)21-14)16-10-20-23-22-16/h5-6,8-9H,3-4,7,10H2,1-2H3. The predicted octanol–water partition coefficient (Wildman–Crippen LogP) is 4.88. The summed E-state index contributed by atoms with van der Waals surface area (Å²) in [6.45, 7) is 1.61. The number of aromatic nitrogens is 1. The van der Waals surface area contributed by atoms with E-state index < -0.39 is 0 Å². The number of pyridine rings is 1. The lowest BCUT2D eigenvalue weighted by Crippen LogP contribution is -2.13. The molecular weight excluding hydrogens is 398 g/mol. The van der Waals surface area contributed by atoms with Crippen molar-refractivity contribution in [1.82, 2.24) is 9.88 Å². The molecule has 0 fully saturated rings. The number of thiophene rings is 1. The van der Waals surface area contributed by atoms with Gasteiger partial charge in [0.25, 0.3) is 0 Å². The van der Waals surface area contributed by atoms with Gasteiger partial charge in [-0.15, -0.1) is 16.4 Å². The first-order valence-electron chi connectivity index (χ1n) is 8.22. The van der Waals surface area contributed by atoms with Crippen molar-refractivity contribution in [2.75, 3.05) is 27.2 Å². The van der Waals surface area contributed by atoms with E-state index in [9.17, 15) is 0 Å². The fourth-order valence-electron chi connectivity index (χ4n) is 3.09. The summed E-state index contributed by atoms with van der Waals surface area (Å²) in [5.74, 6) is 0. The van der Waals surface area contributed by atoms with Gasteiger partial charge >= 0.3 is 0 Å². The number of fused-ring (bicyclic) bond motifs is 3. The van der Waals surface area contributed by atoms with Gasteiger partial charge in [0.2, 0.25) is 0 Å². The molecule has 0 radical (unpaired) electrons. The molecule has 0 N–H and O–H groups in total. The van der Waals surface area contributed by atoms with Crippen molar-refractivity contribution < 1.29 is 0 Å². The van der Waals surface area contributed by atoms with Crippen molar-refractivity contribution in [3.63, 3.8) is 0 Å². The molecule has 0 aliphatic carbocycles. The molecule has 2 aromatic heterocycles. The van der Waals surface area contributed by atoms with Gasteiger partial charge in [-0.1, -0.05) is 12.1 Å². The summed E-state index contributed by atoms with van der Waals surface area (Å²) in [4.78, 5) is 7.21. The monoisotopic (exact) mass is 415 g/mol. The second-order valence-electron chi connectivity index (χ2n) is 6.43. The Morgan fingerprint density at radius 2 is 2.08 bits per heavy atom. The number of aryl methyl sites for hydroxylation is 1. The van der Waals surface area contributed by atoms with Crippen LogP contribution in [0.1, 0.15) is 17.7 Å². The highest BCUT2D eigenvalue weighted by Gasteiger charge is 2.14. The van der Waals surface area contributed by atoms with Gasteiger partial charge in [-0.25, -0.2) is 0 Å². The average molecular weight is 416 g/mol. The molecule has 0 unspecified atom stereocenters. The maximum Gasteiger partial charge on any atom is 0.107 e. The summed E-state index contributed by atoms with van der Waals surface area (Å²) in [5, 5.41) is 14.2. The quantitative estimate of drug-likeness (QED) is 0.596. The van der Waals surface area contributed by atoms with Crippen molar-refractivity contribution in [3.8, 4) is 0 Å². The van der Waals surface area contributed by atoms with E-state index in [2.05, 4.69) is 74.6 Å². The molecule has 3 heterocycles. The van der Waals surface area contributed by atoms with Gasteiger partial charge in [0.1, 0.15) is 6.54 Å². The topological polar surface area (TPSA) is 53.2 Å². The summed E-state index contributed by atoms with van der Waals surface area (Å²) in [7, 11) is 4.21. The van der Waals surface area contributed by atoms with Crippen molar-refractivity contribution in [2.45, 2.75) is 12.8 Å². The summed E-state index contributed by atoms with van der Waals surface area (Å²) >= 11 is 5.42. The minimum Gasteiger partial charge on any atom is -0.309 e. The molecule has 1 aromatic carbocycles. The third-order valence-corrected chi connectivity index (χ3v) is 5.98. The largest absolute Gasteiger partial charge is 0.309 e. The van der Waals surface area contributed by atoms with Crippen molar-refractivity contribution in [2.24, 2.45) is 15.4 Å². The average Bonchev–Trinajstić information content (AvgIpc) is 3.23. The van der Waals surface area contributed by atoms with E-state index in [1.807, 2.05) is 0 Å². The maximum absolute atomic E-state index is 5.00. The maximum atomic E-state index is 5.00. The zero-order chi connectivity index (χ0) is 17.4. The van der Waals surface area contributed by atoms with E-state index in [0.29, 0.717) is 6.54 Å². The molecule has 7 heteroatoms. The van der Waals surface area contributed by atoms with Crippen LogP contribution in [0.25, 0.3) is 21.0 Å². The van der Waals surface area contributed by atoms with Gasteiger partial charge in [0.15, 0.2) is 0 Å².